The summed E-state index contributed by atoms with van der Waals surface area (Å²) in [5.41, 5.74) is 5.33. The van der Waals surface area contributed by atoms with E-state index in [1.54, 1.807) is 11.1 Å². The molecule has 0 radical (unpaired) electrons. The zero-order valence-electron chi connectivity index (χ0n) is 16.2. The van der Waals surface area contributed by atoms with Crippen LogP contribution in [0.4, 0.5) is 0 Å². The van der Waals surface area contributed by atoms with Crippen LogP contribution in [0, 0.1) is 13.8 Å². The van der Waals surface area contributed by atoms with Crippen LogP contribution in [0.25, 0.3) is 22.6 Å². The standard InChI is InChI=1S/C22H24N4O/c1-5-26(6-2)22(27)18-10-8-17(9-11-18)21-23-14-13-20(25-21)19-12-7-15(3)24-16(19)4/h7-14H,5-6H2,1-4H3. The van der Waals surface area contributed by atoms with Crippen LogP contribution in [-0.4, -0.2) is 38.8 Å². The monoisotopic (exact) mass is 360 g/mol. The summed E-state index contributed by atoms with van der Waals surface area (Å²) in [6.45, 7) is 9.33. The minimum atomic E-state index is 0.0440. The van der Waals surface area contributed by atoms with Gasteiger partial charge in [0.05, 0.1) is 5.69 Å². The van der Waals surface area contributed by atoms with Gasteiger partial charge in [-0.25, -0.2) is 9.97 Å². The number of hydrogen-bond acceptors (Lipinski definition) is 4. The Kier molecular flexibility index (Phi) is 5.60. The fourth-order valence-electron chi connectivity index (χ4n) is 3.06. The topological polar surface area (TPSA) is 59.0 Å². The van der Waals surface area contributed by atoms with Crippen LogP contribution in [0.15, 0.2) is 48.7 Å². The first-order valence-electron chi connectivity index (χ1n) is 9.20. The molecule has 2 heterocycles. The zero-order chi connectivity index (χ0) is 19.4. The minimum Gasteiger partial charge on any atom is -0.339 e. The molecule has 1 amide bonds. The molecule has 3 rings (SSSR count). The average Bonchev–Trinajstić information content (AvgIpc) is 2.69. The van der Waals surface area contributed by atoms with E-state index in [0.29, 0.717) is 24.5 Å². The van der Waals surface area contributed by atoms with E-state index < -0.39 is 0 Å². The number of nitrogens with zero attached hydrogens (tertiary/aromatic N) is 4. The molecular weight excluding hydrogens is 336 g/mol. The lowest BCUT2D eigenvalue weighted by atomic mass is 10.1. The molecule has 5 heteroatoms. The van der Waals surface area contributed by atoms with Crippen molar-refractivity contribution < 1.29 is 4.79 Å². The molecule has 27 heavy (non-hydrogen) atoms. The highest BCUT2D eigenvalue weighted by Gasteiger charge is 2.13. The van der Waals surface area contributed by atoms with Crippen molar-refractivity contribution in [2.24, 2.45) is 0 Å². The van der Waals surface area contributed by atoms with Crippen LogP contribution in [-0.2, 0) is 0 Å². The fraction of sp³-hybridized carbons (Fsp3) is 0.273. The second-order valence-electron chi connectivity index (χ2n) is 6.41. The first-order chi connectivity index (χ1) is 13.0. The summed E-state index contributed by atoms with van der Waals surface area (Å²) in [6, 6.07) is 13.4. The van der Waals surface area contributed by atoms with Gasteiger partial charge in [-0.2, -0.15) is 0 Å². The largest absolute Gasteiger partial charge is 0.339 e. The number of amides is 1. The molecule has 138 valence electrons. The highest BCUT2D eigenvalue weighted by molar-refractivity contribution is 5.94. The third-order valence-electron chi connectivity index (χ3n) is 4.60. The van der Waals surface area contributed by atoms with E-state index >= 15 is 0 Å². The van der Waals surface area contributed by atoms with E-state index in [2.05, 4.69) is 9.97 Å². The van der Waals surface area contributed by atoms with Gasteiger partial charge in [-0.15, -0.1) is 0 Å². The molecule has 0 atom stereocenters. The van der Waals surface area contributed by atoms with E-state index in [1.165, 1.54) is 0 Å². The number of aryl methyl sites for hydroxylation is 2. The van der Waals surface area contributed by atoms with Gasteiger partial charge >= 0.3 is 0 Å². The Labute approximate surface area is 160 Å². The van der Waals surface area contributed by atoms with Gasteiger partial charge in [0, 0.05) is 47.4 Å². The Morgan fingerprint density at radius 2 is 1.63 bits per heavy atom. The molecule has 0 aliphatic rings. The minimum absolute atomic E-state index is 0.0440. The highest BCUT2D eigenvalue weighted by atomic mass is 16.2. The van der Waals surface area contributed by atoms with Crippen molar-refractivity contribution in [2.45, 2.75) is 27.7 Å². The van der Waals surface area contributed by atoms with Gasteiger partial charge in [0.1, 0.15) is 0 Å². The van der Waals surface area contributed by atoms with Crippen molar-refractivity contribution in [3.8, 4) is 22.6 Å². The molecule has 3 aromatic rings. The maximum absolute atomic E-state index is 12.4. The predicted octanol–water partition coefficient (Wildman–Crippen LogP) is 4.30. The lowest BCUT2D eigenvalue weighted by molar-refractivity contribution is 0.0773. The molecule has 0 fully saturated rings. The van der Waals surface area contributed by atoms with Gasteiger partial charge in [0.2, 0.25) is 0 Å². The smallest absolute Gasteiger partial charge is 0.253 e. The molecule has 5 nitrogen and oxygen atoms in total. The Balaban J connectivity index is 1.90. The van der Waals surface area contributed by atoms with Gasteiger partial charge < -0.3 is 4.90 Å². The lowest BCUT2D eigenvalue weighted by Gasteiger charge is -2.18. The molecule has 0 aliphatic heterocycles. The van der Waals surface area contributed by atoms with E-state index in [9.17, 15) is 4.79 Å². The van der Waals surface area contributed by atoms with E-state index in [-0.39, 0.29) is 5.91 Å². The lowest BCUT2D eigenvalue weighted by Crippen LogP contribution is -2.30. The summed E-state index contributed by atoms with van der Waals surface area (Å²) < 4.78 is 0. The number of carbonyl (C=O) groups is 1. The highest BCUT2D eigenvalue weighted by Crippen LogP contribution is 2.23. The SMILES string of the molecule is CCN(CC)C(=O)c1ccc(-c2nccc(-c3ccc(C)nc3C)n2)cc1. The summed E-state index contributed by atoms with van der Waals surface area (Å²) in [7, 11) is 0. The molecular formula is C22H24N4O. The van der Waals surface area contributed by atoms with Crippen molar-refractivity contribution in [2.75, 3.05) is 13.1 Å². The first-order valence-corrected chi connectivity index (χ1v) is 9.20. The maximum atomic E-state index is 12.4. The third-order valence-corrected chi connectivity index (χ3v) is 4.60. The van der Waals surface area contributed by atoms with Gasteiger partial charge in [-0.05, 0) is 58.0 Å². The summed E-state index contributed by atoms with van der Waals surface area (Å²) in [6.07, 6.45) is 1.76. The van der Waals surface area contributed by atoms with E-state index in [4.69, 9.17) is 4.98 Å². The predicted molar refractivity (Wildman–Crippen MR) is 107 cm³/mol. The number of benzene rings is 1. The molecule has 0 aliphatic carbocycles. The van der Waals surface area contributed by atoms with Crippen LogP contribution in [0.1, 0.15) is 35.6 Å². The van der Waals surface area contributed by atoms with Crippen molar-refractivity contribution in [1.29, 1.82) is 0 Å². The number of carbonyl (C=O) groups excluding carboxylic acids is 1. The van der Waals surface area contributed by atoms with Crippen molar-refractivity contribution in [3.05, 3.63) is 65.6 Å². The molecule has 0 saturated heterocycles. The van der Waals surface area contributed by atoms with Crippen molar-refractivity contribution in [3.63, 3.8) is 0 Å². The number of aromatic nitrogens is 3. The number of hydrogen-bond donors (Lipinski definition) is 0. The molecule has 0 spiro atoms. The zero-order valence-corrected chi connectivity index (χ0v) is 16.2. The number of rotatable bonds is 5. The average molecular weight is 360 g/mol. The maximum Gasteiger partial charge on any atom is 0.253 e. The number of pyridine rings is 1. The fourth-order valence-corrected chi connectivity index (χ4v) is 3.06. The Morgan fingerprint density at radius 3 is 2.26 bits per heavy atom. The van der Waals surface area contributed by atoms with E-state index in [1.807, 2.05) is 70.2 Å². The first kappa shape index (κ1) is 18.7. The van der Waals surface area contributed by atoms with E-state index in [0.717, 1.165) is 28.2 Å². The molecule has 0 saturated carbocycles. The summed E-state index contributed by atoms with van der Waals surface area (Å²) in [5.74, 6) is 0.678. The second-order valence-corrected chi connectivity index (χ2v) is 6.41. The summed E-state index contributed by atoms with van der Waals surface area (Å²) >= 11 is 0. The van der Waals surface area contributed by atoms with Gasteiger partial charge in [0.15, 0.2) is 5.82 Å². The van der Waals surface area contributed by atoms with Gasteiger partial charge in [0.25, 0.3) is 5.91 Å². The van der Waals surface area contributed by atoms with Crippen molar-refractivity contribution in [1.82, 2.24) is 19.9 Å². The third kappa shape index (κ3) is 4.03. The van der Waals surface area contributed by atoms with Crippen LogP contribution in [0.3, 0.4) is 0 Å². The van der Waals surface area contributed by atoms with Gasteiger partial charge in [-0.3, -0.25) is 9.78 Å². The Morgan fingerprint density at radius 1 is 0.926 bits per heavy atom. The molecule has 0 N–H and O–H groups in total. The van der Waals surface area contributed by atoms with Crippen molar-refractivity contribution >= 4 is 5.91 Å². The molecule has 0 unspecified atom stereocenters. The van der Waals surface area contributed by atoms with Crippen LogP contribution in [0.2, 0.25) is 0 Å². The van der Waals surface area contributed by atoms with Crippen LogP contribution in [0.5, 0.6) is 0 Å². The molecule has 1 aromatic carbocycles. The van der Waals surface area contributed by atoms with Gasteiger partial charge in [-0.1, -0.05) is 12.1 Å². The van der Waals surface area contributed by atoms with Crippen LogP contribution >= 0.6 is 0 Å². The van der Waals surface area contributed by atoms with Crippen LogP contribution < -0.4 is 0 Å². The summed E-state index contributed by atoms with van der Waals surface area (Å²) in [5, 5.41) is 0. The quantitative estimate of drug-likeness (QED) is 0.680. The Bertz CT molecular complexity index is 947. The Hall–Kier alpha value is -3.08. The summed E-state index contributed by atoms with van der Waals surface area (Å²) in [4.78, 5) is 27.9. The molecule has 2 aromatic heterocycles. The normalized spacial score (nSPS) is 10.7. The second kappa shape index (κ2) is 8.08. The molecule has 0 bridgehead atoms.